The van der Waals surface area contributed by atoms with Crippen LogP contribution < -0.4 is 9.44 Å². The lowest BCUT2D eigenvalue weighted by Crippen LogP contribution is -2.30. The third-order valence-corrected chi connectivity index (χ3v) is 6.62. The highest BCUT2D eigenvalue weighted by Gasteiger charge is 2.19. The lowest BCUT2D eigenvalue weighted by Gasteiger charge is -2.12. The quantitative estimate of drug-likeness (QED) is 0.666. The molecule has 0 bridgehead atoms. The average molecular weight is 412 g/mol. The van der Waals surface area contributed by atoms with Crippen molar-refractivity contribution in [3.05, 3.63) is 53.6 Å². The molecule has 0 saturated carbocycles. The topological polar surface area (TPSA) is 119 Å². The Morgan fingerprint density at radius 2 is 1.59 bits per heavy atom. The van der Waals surface area contributed by atoms with Gasteiger partial charge in [-0.1, -0.05) is 12.1 Å². The number of hydrogen-bond acceptors (Lipinski definition) is 6. The maximum absolute atomic E-state index is 12.6. The second-order valence-electron chi connectivity index (χ2n) is 5.80. The van der Waals surface area contributed by atoms with Crippen molar-refractivity contribution in [3.8, 4) is 0 Å². The van der Waals surface area contributed by atoms with E-state index < -0.39 is 32.6 Å². The Morgan fingerprint density at radius 3 is 2.19 bits per heavy atom. The third kappa shape index (κ3) is 5.28. The Bertz CT molecular complexity index is 1050. The lowest BCUT2D eigenvalue weighted by atomic mass is 10.2. The van der Waals surface area contributed by atoms with Gasteiger partial charge in [0.2, 0.25) is 10.0 Å². The first-order valence-corrected chi connectivity index (χ1v) is 10.8. The molecule has 0 fully saturated rings. The summed E-state index contributed by atoms with van der Waals surface area (Å²) in [6.45, 7) is 2.98. The van der Waals surface area contributed by atoms with Crippen LogP contribution in [-0.4, -0.2) is 36.5 Å². The molecule has 27 heavy (non-hydrogen) atoms. The molecule has 0 unspecified atom stereocenters. The fourth-order valence-corrected chi connectivity index (χ4v) is 4.58. The standard InChI is InChI=1S/C17H20N2O6S2/c1-12-4-5-13(2)16(10-12)27(23,24)19-14-6-8-15(9-7-14)26(21,22)18-11-17(20)25-3/h4-10,18-19H,11H2,1-3H3. The van der Waals surface area contributed by atoms with Gasteiger partial charge in [0.15, 0.2) is 0 Å². The molecule has 2 rings (SSSR count). The summed E-state index contributed by atoms with van der Waals surface area (Å²) in [4.78, 5) is 11.1. The molecule has 0 radical (unpaired) electrons. The summed E-state index contributed by atoms with van der Waals surface area (Å²) < 4.78 is 58.2. The van der Waals surface area contributed by atoms with Crippen molar-refractivity contribution >= 4 is 31.7 Å². The van der Waals surface area contributed by atoms with Crippen LogP contribution in [-0.2, 0) is 29.6 Å². The minimum absolute atomic E-state index is 0.110. The van der Waals surface area contributed by atoms with E-state index in [1.807, 2.05) is 6.07 Å². The zero-order chi connectivity index (χ0) is 20.2. The molecule has 0 aliphatic rings. The van der Waals surface area contributed by atoms with Crippen molar-refractivity contribution in [3.63, 3.8) is 0 Å². The normalized spacial score (nSPS) is 11.8. The van der Waals surface area contributed by atoms with E-state index in [4.69, 9.17) is 0 Å². The van der Waals surface area contributed by atoms with Crippen LogP contribution in [0.4, 0.5) is 5.69 Å². The fourth-order valence-electron chi connectivity index (χ4n) is 2.22. The summed E-state index contributed by atoms with van der Waals surface area (Å²) in [5.41, 5.74) is 1.61. The minimum Gasteiger partial charge on any atom is -0.468 e. The van der Waals surface area contributed by atoms with Crippen LogP contribution in [0.2, 0.25) is 0 Å². The van der Waals surface area contributed by atoms with Gasteiger partial charge in [-0.15, -0.1) is 0 Å². The highest BCUT2D eigenvalue weighted by atomic mass is 32.2. The first-order valence-electron chi connectivity index (χ1n) is 7.82. The first kappa shape index (κ1) is 20.9. The van der Waals surface area contributed by atoms with Crippen LogP contribution in [0.15, 0.2) is 52.3 Å². The molecule has 2 aromatic carbocycles. The van der Waals surface area contributed by atoms with E-state index in [1.165, 1.54) is 24.3 Å². The Balaban J connectivity index is 2.20. The van der Waals surface area contributed by atoms with Crippen molar-refractivity contribution in [2.24, 2.45) is 0 Å². The number of carbonyl (C=O) groups excluding carboxylic acids is 1. The Morgan fingerprint density at radius 1 is 0.963 bits per heavy atom. The van der Waals surface area contributed by atoms with Crippen molar-refractivity contribution in [1.29, 1.82) is 0 Å². The average Bonchev–Trinajstić information content (AvgIpc) is 2.61. The summed E-state index contributed by atoms with van der Waals surface area (Å²) >= 11 is 0. The SMILES string of the molecule is COC(=O)CNS(=O)(=O)c1ccc(NS(=O)(=O)c2cc(C)ccc2C)cc1. The molecule has 8 nitrogen and oxygen atoms in total. The van der Waals surface area contributed by atoms with Crippen LogP contribution in [0.3, 0.4) is 0 Å². The molecule has 0 aromatic heterocycles. The summed E-state index contributed by atoms with van der Waals surface area (Å²) in [5.74, 6) is -0.725. The van der Waals surface area contributed by atoms with Crippen molar-refractivity contribution in [2.45, 2.75) is 23.6 Å². The Labute approximate surface area is 158 Å². The molecule has 0 saturated heterocycles. The Hall–Kier alpha value is -2.43. The van der Waals surface area contributed by atoms with Gasteiger partial charge >= 0.3 is 5.97 Å². The zero-order valence-electron chi connectivity index (χ0n) is 15.0. The number of sulfonamides is 2. The van der Waals surface area contributed by atoms with Crippen LogP contribution in [0, 0.1) is 13.8 Å². The lowest BCUT2D eigenvalue weighted by molar-refractivity contribution is -0.139. The van der Waals surface area contributed by atoms with Crippen molar-refractivity contribution < 1.29 is 26.4 Å². The van der Waals surface area contributed by atoms with Gasteiger partial charge in [-0.2, -0.15) is 4.72 Å². The van der Waals surface area contributed by atoms with Gasteiger partial charge in [-0.3, -0.25) is 9.52 Å². The van der Waals surface area contributed by atoms with E-state index >= 15 is 0 Å². The molecule has 2 aromatic rings. The van der Waals surface area contributed by atoms with Crippen LogP contribution >= 0.6 is 0 Å². The van der Waals surface area contributed by atoms with E-state index in [-0.39, 0.29) is 15.5 Å². The zero-order valence-corrected chi connectivity index (χ0v) is 16.6. The molecule has 10 heteroatoms. The van der Waals surface area contributed by atoms with E-state index in [2.05, 4.69) is 14.2 Å². The second-order valence-corrected chi connectivity index (χ2v) is 9.22. The molecular weight excluding hydrogens is 392 g/mol. The number of anilines is 1. The molecule has 2 N–H and O–H groups in total. The molecule has 0 heterocycles. The van der Waals surface area contributed by atoms with Gasteiger partial charge in [0.05, 0.1) is 16.9 Å². The fraction of sp³-hybridized carbons (Fsp3) is 0.235. The number of benzene rings is 2. The van der Waals surface area contributed by atoms with Gasteiger partial charge in [0.1, 0.15) is 6.54 Å². The predicted molar refractivity (Wildman–Crippen MR) is 100 cm³/mol. The number of esters is 1. The largest absolute Gasteiger partial charge is 0.468 e. The predicted octanol–water partition coefficient (Wildman–Crippen LogP) is 1.56. The number of rotatable bonds is 7. The van der Waals surface area contributed by atoms with Gasteiger partial charge < -0.3 is 4.74 Å². The molecule has 0 aliphatic carbocycles. The van der Waals surface area contributed by atoms with Crippen LogP contribution in [0.25, 0.3) is 0 Å². The summed E-state index contributed by atoms with van der Waals surface area (Å²) in [7, 11) is -6.59. The number of ether oxygens (including phenoxy) is 1. The van der Waals surface area contributed by atoms with Crippen LogP contribution in [0.5, 0.6) is 0 Å². The molecule has 0 spiro atoms. The summed E-state index contributed by atoms with van der Waals surface area (Å²) in [6, 6.07) is 10.2. The maximum Gasteiger partial charge on any atom is 0.320 e. The maximum atomic E-state index is 12.6. The van der Waals surface area contributed by atoms with Crippen molar-refractivity contribution in [1.82, 2.24) is 4.72 Å². The third-order valence-electron chi connectivity index (χ3n) is 3.68. The number of hydrogen-bond donors (Lipinski definition) is 2. The number of carbonyl (C=O) groups is 1. The monoisotopic (exact) mass is 412 g/mol. The van der Waals surface area contributed by atoms with E-state index in [0.29, 0.717) is 5.56 Å². The van der Waals surface area contributed by atoms with E-state index in [0.717, 1.165) is 12.7 Å². The van der Waals surface area contributed by atoms with Gasteiger partial charge in [-0.25, -0.2) is 16.8 Å². The van der Waals surface area contributed by atoms with E-state index in [9.17, 15) is 21.6 Å². The number of aryl methyl sites for hydroxylation is 2. The molecular formula is C17H20N2O6S2. The van der Waals surface area contributed by atoms with Crippen LogP contribution in [0.1, 0.15) is 11.1 Å². The smallest absolute Gasteiger partial charge is 0.320 e. The molecule has 0 aliphatic heterocycles. The number of nitrogens with one attached hydrogen (secondary N) is 2. The highest BCUT2D eigenvalue weighted by molar-refractivity contribution is 7.92. The molecule has 0 amide bonds. The highest BCUT2D eigenvalue weighted by Crippen LogP contribution is 2.21. The van der Waals surface area contributed by atoms with Gasteiger partial charge in [0, 0.05) is 5.69 Å². The van der Waals surface area contributed by atoms with Crippen molar-refractivity contribution in [2.75, 3.05) is 18.4 Å². The van der Waals surface area contributed by atoms with E-state index in [1.54, 1.807) is 26.0 Å². The molecule has 146 valence electrons. The minimum atomic E-state index is -3.92. The number of methoxy groups -OCH3 is 1. The first-order chi connectivity index (χ1) is 12.5. The Kier molecular flexibility index (Phi) is 6.24. The summed E-state index contributed by atoms with van der Waals surface area (Å²) in [6.07, 6.45) is 0. The van der Waals surface area contributed by atoms with Gasteiger partial charge in [0.25, 0.3) is 10.0 Å². The summed E-state index contributed by atoms with van der Waals surface area (Å²) in [5, 5.41) is 0. The molecule has 0 atom stereocenters. The van der Waals surface area contributed by atoms with Gasteiger partial charge in [-0.05, 0) is 55.3 Å². The second kappa shape index (κ2) is 8.07.